The van der Waals surface area contributed by atoms with Crippen LogP contribution in [0.5, 0.6) is 11.5 Å². The summed E-state index contributed by atoms with van der Waals surface area (Å²) in [5, 5.41) is 3.52. The molecule has 0 radical (unpaired) electrons. The number of nitrogens with one attached hydrogen (secondary N) is 1. The molecule has 168 valence electrons. The van der Waals surface area contributed by atoms with Crippen molar-refractivity contribution in [1.82, 2.24) is 5.32 Å². The van der Waals surface area contributed by atoms with Gasteiger partial charge in [-0.2, -0.15) is 11.8 Å². The number of ether oxygens (including phenoxy) is 2. The van der Waals surface area contributed by atoms with E-state index in [2.05, 4.69) is 5.32 Å². The molecular formula is C21H25ClN2O5S2. The number of anilines is 1. The van der Waals surface area contributed by atoms with E-state index in [1.54, 1.807) is 36.9 Å². The molecule has 0 fully saturated rings. The summed E-state index contributed by atoms with van der Waals surface area (Å²) < 4.78 is 37.1. The lowest BCUT2D eigenvalue weighted by Crippen LogP contribution is -2.48. The standard InChI is InChI=1S/C21H25ClN2O5S2/c1-15(21(25)23-9-12-30-14-16-3-5-17(22)6-4-16)24(31(2,26)27)18-7-8-19-20(13-18)29-11-10-28-19/h3-8,13,15H,9-12,14H2,1-2H3,(H,23,25)/t15-/m0/s1. The van der Waals surface area contributed by atoms with Gasteiger partial charge in [-0.25, -0.2) is 8.42 Å². The molecule has 0 saturated carbocycles. The Labute approximate surface area is 192 Å². The predicted molar refractivity (Wildman–Crippen MR) is 125 cm³/mol. The maximum atomic E-state index is 12.7. The normalized spacial score (nSPS) is 14.0. The summed E-state index contributed by atoms with van der Waals surface area (Å²) in [7, 11) is -3.70. The highest BCUT2D eigenvalue weighted by Gasteiger charge is 2.30. The van der Waals surface area contributed by atoms with Gasteiger partial charge in [0.15, 0.2) is 11.5 Å². The zero-order valence-electron chi connectivity index (χ0n) is 17.3. The second-order valence-electron chi connectivity index (χ2n) is 7.03. The molecule has 1 amide bonds. The maximum absolute atomic E-state index is 12.7. The Bertz CT molecular complexity index is 1010. The van der Waals surface area contributed by atoms with Crippen LogP contribution in [-0.2, 0) is 20.6 Å². The second kappa shape index (κ2) is 10.5. The molecule has 1 heterocycles. The number of fused-ring (bicyclic) bond motifs is 1. The van der Waals surface area contributed by atoms with Crippen molar-refractivity contribution in [3.05, 3.63) is 53.1 Å². The molecule has 3 rings (SSSR count). The highest BCUT2D eigenvalue weighted by Crippen LogP contribution is 2.35. The molecule has 0 saturated heterocycles. The van der Waals surface area contributed by atoms with E-state index in [4.69, 9.17) is 21.1 Å². The summed E-state index contributed by atoms with van der Waals surface area (Å²) in [5.41, 5.74) is 1.50. The monoisotopic (exact) mass is 484 g/mol. The molecule has 2 aromatic carbocycles. The van der Waals surface area contributed by atoms with Crippen LogP contribution in [0.4, 0.5) is 5.69 Å². The van der Waals surface area contributed by atoms with Gasteiger partial charge in [-0.3, -0.25) is 9.10 Å². The van der Waals surface area contributed by atoms with Gasteiger partial charge in [0.2, 0.25) is 15.9 Å². The van der Waals surface area contributed by atoms with Crippen molar-refractivity contribution in [2.24, 2.45) is 0 Å². The fourth-order valence-corrected chi connectivity index (χ4v) is 5.25. The van der Waals surface area contributed by atoms with Gasteiger partial charge in [0.25, 0.3) is 0 Å². The molecular weight excluding hydrogens is 460 g/mol. The number of thioether (sulfide) groups is 1. The number of rotatable bonds is 9. The molecule has 1 aliphatic rings. The molecule has 1 aliphatic heterocycles. The number of carbonyl (C=O) groups excluding carboxylic acids is 1. The molecule has 0 aromatic heterocycles. The zero-order chi connectivity index (χ0) is 22.4. The van der Waals surface area contributed by atoms with Gasteiger partial charge >= 0.3 is 0 Å². The largest absolute Gasteiger partial charge is 0.486 e. The van der Waals surface area contributed by atoms with Crippen LogP contribution in [-0.4, -0.2) is 52.1 Å². The first kappa shape index (κ1) is 23.6. The Morgan fingerprint density at radius 3 is 2.52 bits per heavy atom. The number of hydrogen-bond donors (Lipinski definition) is 1. The number of carbonyl (C=O) groups is 1. The van der Waals surface area contributed by atoms with Gasteiger partial charge < -0.3 is 14.8 Å². The van der Waals surface area contributed by atoms with Gasteiger partial charge in [-0.1, -0.05) is 23.7 Å². The average molecular weight is 485 g/mol. The third kappa shape index (κ3) is 6.44. The molecule has 2 aromatic rings. The lowest BCUT2D eigenvalue weighted by molar-refractivity contribution is -0.121. The first-order valence-corrected chi connectivity index (χ1v) is 13.1. The first-order valence-electron chi connectivity index (χ1n) is 9.74. The van der Waals surface area contributed by atoms with Crippen LogP contribution in [0.3, 0.4) is 0 Å². The first-order chi connectivity index (χ1) is 14.8. The van der Waals surface area contributed by atoms with Crippen molar-refractivity contribution >= 4 is 45.0 Å². The van der Waals surface area contributed by atoms with Crippen molar-refractivity contribution in [1.29, 1.82) is 0 Å². The van der Waals surface area contributed by atoms with Gasteiger partial charge in [0, 0.05) is 29.1 Å². The average Bonchev–Trinajstić information content (AvgIpc) is 2.73. The van der Waals surface area contributed by atoms with Crippen molar-refractivity contribution in [3.63, 3.8) is 0 Å². The van der Waals surface area contributed by atoms with E-state index in [1.807, 2.05) is 24.3 Å². The molecule has 0 bridgehead atoms. The molecule has 0 unspecified atom stereocenters. The Balaban J connectivity index is 1.57. The third-order valence-corrected chi connectivity index (χ3v) is 7.12. The highest BCUT2D eigenvalue weighted by molar-refractivity contribution is 7.98. The van der Waals surface area contributed by atoms with Crippen LogP contribution in [0.15, 0.2) is 42.5 Å². The number of nitrogens with zero attached hydrogens (tertiary/aromatic N) is 1. The SMILES string of the molecule is C[C@@H](C(=O)NCCSCc1ccc(Cl)cc1)N(c1ccc2c(c1)OCCO2)S(C)(=O)=O. The van der Waals surface area contributed by atoms with E-state index in [0.29, 0.717) is 47.7 Å². The van der Waals surface area contributed by atoms with Crippen LogP contribution in [0.2, 0.25) is 5.02 Å². The van der Waals surface area contributed by atoms with Gasteiger partial charge in [-0.05, 0) is 36.8 Å². The van der Waals surface area contributed by atoms with E-state index in [1.165, 1.54) is 0 Å². The lowest BCUT2D eigenvalue weighted by Gasteiger charge is -2.29. The van der Waals surface area contributed by atoms with Gasteiger partial charge in [-0.15, -0.1) is 0 Å². The fraction of sp³-hybridized carbons (Fsp3) is 0.381. The minimum Gasteiger partial charge on any atom is -0.486 e. The summed E-state index contributed by atoms with van der Waals surface area (Å²) in [6, 6.07) is 11.6. The van der Waals surface area contributed by atoms with Crippen molar-refractivity contribution in [2.75, 3.05) is 36.1 Å². The second-order valence-corrected chi connectivity index (χ2v) is 10.4. The summed E-state index contributed by atoms with van der Waals surface area (Å²) in [4.78, 5) is 12.7. The number of sulfonamides is 1. The van der Waals surface area contributed by atoms with Crippen molar-refractivity contribution in [2.45, 2.75) is 18.7 Å². The predicted octanol–water partition coefficient (Wildman–Crippen LogP) is 3.32. The smallest absolute Gasteiger partial charge is 0.243 e. The number of benzene rings is 2. The molecule has 1 atom stereocenters. The molecule has 7 nitrogen and oxygen atoms in total. The molecule has 31 heavy (non-hydrogen) atoms. The molecule has 1 N–H and O–H groups in total. The Morgan fingerprint density at radius 1 is 1.16 bits per heavy atom. The summed E-state index contributed by atoms with van der Waals surface area (Å²) in [6.45, 7) is 2.82. The highest BCUT2D eigenvalue weighted by atomic mass is 35.5. The van der Waals surface area contributed by atoms with Crippen LogP contribution < -0.4 is 19.1 Å². The van der Waals surface area contributed by atoms with E-state index >= 15 is 0 Å². The number of halogens is 1. The minimum absolute atomic E-state index is 0.353. The lowest BCUT2D eigenvalue weighted by atomic mass is 10.2. The summed E-state index contributed by atoms with van der Waals surface area (Å²) in [6.07, 6.45) is 1.08. The number of hydrogen-bond acceptors (Lipinski definition) is 6. The Morgan fingerprint density at radius 2 is 1.84 bits per heavy atom. The zero-order valence-corrected chi connectivity index (χ0v) is 19.7. The van der Waals surface area contributed by atoms with E-state index in [-0.39, 0.29) is 5.91 Å². The molecule has 10 heteroatoms. The molecule has 0 spiro atoms. The van der Waals surface area contributed by atoms with E-state index in [9.17, 15) is 13.2 Å². The Kier molecular flexibility index (Phi) is 7.96. The van der Waals surface area contributed by atoms with Crippen LogP contribution >= 0.6 is 23.4 Å². The minimum atomic E-state index is -3.70. The van der Waals surface area contributed by atoms with Crippen LogP contribution in [0.1, 0.15) is 12.5 Å². The van der Waals surface area contributed by atoms with Gasteiger partial charge in [0.05, 0.1) is 11.9 Å². The third-order valence-electron chi connectivity index (χ3n) is 4.60. The van der Waals surface area contributed by atoms with Crippen LogP contribution in [0, 0.1) is 0 Å². The fourth-order valence-electron chi connectivity index (χ4n) is 3.14. The topological polar surface area (TPSA) is 84.9 Å². The number of amides is 1. The maximum Gasteiger partial charge on any atom is 0.243 e. The van der Waals surface area contributed by atoms with Gasteiger partial charge in [0.1, 0.15) is 19.3 Å². The van der Waals surface area contributed by atoms with E-state index < -0.39 is 16.1 Å². The molecule has 0 aliphatic carbocycles. The summed E-state index contributed by atoms with van der Waals surface area (Å²) >= 11 is 7.55. The Hall–Kier alpha value is -2.10. The van der Waals surface area contributed by atoms with Crippen molar-refractivity contribution < 1.29 is 22.7 Å². The quantitative estimate of drug-likeness (QED) is 0.549. The van der Waals surface area contributed by atoms with E-state index in [0.717, 1.165) is 21.9 Å². The summed E-state index contributed by atoms with van der Waals surface area (Å²) in [5.74, 6) is 2.15. The van der Waals surface area contributed by atoms with Crippen molar-refractivity contribution in [3.8, 4) is 11.5 Å². The van der Waals surface area contributed by atoms with Crippen LogP contribution in [0.25, 0.3) is 0 Å².